The standard InChI is InChI=1S/C23H24N4O4/c1-31-20-10-6-5-9-17(20)24-22(29)25-11-12-26-19(14-25)21(28)27(23(26)30)18-13-16(18)15-7-3-2-4-8-15/h2-10,16,18-19H,11-14H2,1H3,(H,24,29). The van der Waals surface area contributed by atoms with Gasteiger partial charge in [-0.25, -0.2) is 9.59 Å². The maximum absolute atomic E-state index is 13.1. The van der Waals surface area contributed by atoms with Crippen LogP contribution in [0.4, 0.5) is 15.3 Å². The molecule has 5 amide bonds. The lowest BCUT2D eigenvalue weighted by Gasteiger charge is -2.35. The fourth-order valence-electron chi connectivity index (χ4n) is 4.57. The second-order valence-electron chi connectivity index (χ2n) is 8.10. The van der Waals surface area contributed by atoms with Gasteiger partial charge in [-0.2, -0.15) is 0 Å². The number of hydrogen-bond acceptors (Lipinski definition) is 4. The summed E-state index contributed by atoms with van der Waals surface area (Å²) in [7, 11) is 1.54. The number of carbonyl (C=O) groups is 3. The van der Waals surface area contributed by atoms with Crippen LogP contribution in [0.3, 0.4) is 0 Å². The molecule has 1 aliphatic carbocycles. The Labute approximate surface area is 180 Å². The third-order valence-electron chi connectivity index (χ3n) is 6.31. The van der Waals surface area contributed by atoms with E-state index in [-0.39, 0.29) is 36.5 Å². The van der Waals surface area contributed by atoms with E-state index in [9.17, 15) is 14.4 Å². The first kappa shape index (κ1) is 19.4. The third-order valence-corrected chi connectivity index (χ3v) is 6.31. The molecule has 5 rings (SSSR count). The Morgan fingerprint density at radius 2 is 1.77 bits per heavy atom. The molecule has 2 saturated heterocycles. The van der Waals surface area contributed by atoms with Gasteiger partial charge in [-0.05, 0) is 24.1 Å². The Bertz CT molecular complexity index is 1030. The highest BCUT2D eigenvalue weighted by Crippen LogP contribution is 2.46. The number of urea groups is 2. The van der Waals surface area contributed by atoms with Crippen molar-refractivity contribution < 1.29 is 19.1 Å². The van der Waals surface area contributed by atoms with Gasteiger partial charge in [0.05, 0.1) is 19.3 Å². The van der Waals surface area contributed by atoms with Gasteiger partial charge < -0.3 is 19.9 Å². The van der Waals surface area contributed by atoms with Crippen molar-refractivity contribution in [1.29, 1.82) is 0 Å². The minimum atomic E-state index is -0.623. The highest BCUT2D eigenvalue weighted by atomic mass is 16.5. The van der Waals surface area contributed by atoms with E-state index in [0.717, 1.165) is 12.0 Å². The molecule has 31 heavy (non-hydrogen) atoms. The van der Waals surface area contributed by atoms with E-state index in [0.29, 0.717) is 24.5 Å². The van der Waals surface area contributed by atoms with Gasteiger partial charge in [0.2, 0.25) is 0 Å². The quantitative estimate of drug-likeness (QED) is 0.771. The number of para-hydroxylation sites is 2. The fraction of sp³-hybridized carbons (Fsp3) is 0.348. The lowest BCUT2D eigenvalue weighted by molar-refractivity contribution is -0.129. The molecule has 8 heteroatoms. The normalized spacial score (nSPS) is 24.8. The van der Waals surface area contributed by atoms with Crippen LogP contribution in [0.1, 0.15) is 17.9 Å². The lowest BCUT2D eigenvalue weighted by atomic mass is 10.1. The van der Waals surface area contributed by atoms with Gasteiger partial charge in [0.15, 0.2) is 0 Å². The first-order chi connectivity index (χ1) is 15.1. The molecular formula is C23H24N4O4. The van der Waals surface area contributed by atoms with Crippen LogP contribution in [0, 0.1) is 0 Å². The maximum atomic E-state index is 13.1. The summed E-state index contributed by atoms with van der Waals surface area (Å²) >= 11 is 0. The molecule has 2 aromatic carbocycles. The van der Waals surface area contributed by atoms with Crippen LogP contribution in [-0.2, 0) is 4.79 Å². The number of benzene rings is 2. The monoisotopic (exact) mass is 420 g/mol. The van der Waals surface area contributed by atoms with E-state index in [2.05, 4.69) is 5.32 Å². The molecule has 3 fully saturated rings. The Morgan fingerprint density at radius 3 is 2.55 bits per heavy atom. The van der Waals surface area contributed by atoms with Crippen molar-refractivity contribution in [2.75, 3.05) is 32.1 Å². The van der Waals surface area contributed by atoms with Crippen LogP contribution >= 0.6 is 0 Å². The lowest BCUT2D eigenvalue weighted by Crippen LogP contribution is -2.55. The number of ether oxygens (including phenoxy) is 1. The van der Waals surface area contributed by atoms with Gasteiger partial charge in [0.25, 0.3) is 5.91 Å². The van der Waals surface area contributed by atoms with Crippen LogP contribution < -0.4 is 10.1 Å². The Hall–Kier alpha value is -3.55. The van der Waals surface area contributed by atoms with Gasteiger partial charge in [-0.1, -0.05) is 42.5 Å². The average Bonchev–Trinajstić information content (AvgIpc) is 3.55. The summed E-state index contributed by atoms with van der Waals surface area (Å²) in [5, 5.41) is 2.85. The predicted molar refractivity (Wildman–Crippen MR) is 114 cm³/mol. The van der Waals surface area contributed by atoms with Crippen molar-refractivity contribution in [2.45, 2.75) is 24.4 Å². The molecule has 1 N–H and O–H groups in total. The SMILES string of the molecule is COc1ccccc1NC(=O)N1CCN2C(=O)N(C3CC3c3ccccc3)C(=O)C2C1. The van der Waals surface area contributed by atoms with Gasteiger partial charge in [-0.15, -0.1) is 0 Å². The number of carbonyl (C=O) groups excluding carboxylic acids is 3. The van der Waals surface area contributed by atoms with Crippen molar-refractivity contribution in [3.8, 4) is 5.75 Å². The Kier molecular flexibility index (Phi) is 4.77. The molecule has 0 spiro atoms. The van der Waals surface area contributed by atoms with E-state index < -0.39 is 6.04 Å². The molecule has 0 radical (unpaired) electrons. The Morgan fingerprint density at radius 1 is 1.03 bits per heavy atom. The largest absolute Gasteiger partial charge is 0.495 e. The summed E-state index contributed by atoms with van der Waals surface area (Å²) in [5.74, 6) is 0.553. The van der Waals surface area contributed by atoms with Crippen molar-refractivity contribution in [2.24, 2.45) is 0 Å². The highest BCUT2D eigenvalue weighted by molar-refractivity contribution is 6.05. The summed E-state index contributed by atoms with van der Waals surface area (Å²) in [5.41, 5.74) is 1.72. The first-order valence-corrected chi connectivity index (χ1v) is 10.5. The van der Waals surface area contributed by atoms with E-state index in [1.165, 1.54) is 4.90 Å². The average molecular weight is 420 g/mol. The molecule has 3 atom stereocenters. The number of imide groups is 1. The highest BCUT2D eigenvalue weighted by Gasteiger charge is 2.56. The van der Waals surface area contributed by atoms with Crippen LogP contribution in [0.25, 0.3) is 0 Å². The molecule has 3 unspecified atom stereocenters. The van der Waals surface area contributed by atoms with E-state index in [1.54, 1.807) is 29.0 Å². The molecule has 160 valence electrons. The summed E-state index contributed by atoms with van der Waals surface area (Å²) < 4.78 is 5.28. The van der Waals surface area contributed by atoms with Gasteiger partial charge in [0, 0.05) is 25.0 Å². The number of nitrogens with one attached hydrogen (secondary N) is 1. The molecule has 0 aromatic heterocycles. The number of rotatable bonds is 4. The molecule has 2 aromatic rings. The molecule has 0 bridgehead atoms. The number of fused-ring (bicyclic) bond motifs is 1. The topological polar surface area (TPSA) is 82.2 Å². The molecular weight excluding hydrogens is 396 g/mol. The number of piperazine rings is 1. The van der Waals surface area contributed by atoms with E-state index in [1.807, 2.05) is 42.5 Å². The number of nitrogens with zero attached hydrogens (tertiary/aromatic N) is 3. The minimum Gasteiger partial charge on any atom is -0.495 e. The molecule has 2 heterocycles. The number of methoxy groups -OCH3 is 1. The predicted octanol–water partition coefficient (Wildman–Crippen LogP) is 2.73. The van der Waals surface area contributed by atoms with Crippen LogP contribution in [0.2, 0.25) is 0 Å². The molecule has 8 nitrogen and oxygen atoms in total. The van der Waals surface area contributed by atoms with Gasteiger partial charge in [-0.3, -0.25) is 9.69 Å². The Balaban J connectivity index is 1.27. The summed E-state index contributed by atoms with van der Waals surface area (Å²) in [4.78, 5) is 43.5. The molecule has 2 aliphatic heterocycles. The second-order valence-corrected chi connectivity index (χ2v) is 8.10. The zero-order valence-electron chi connectivity index (χ0n) is 17.2. The van der Waals surface area contributed by atoms with Gasteiger partial charge >= 0.3 is 12.1 Å². The van der Waals surface area contributed by atoms with Crippen LogP contribution in [0.15, 0.2) is 54.6 Å². The smallest absolute Gasteiger partial charge is 0.327 e. The van der Waals surface area contributed by atoms with Crippen molar-refractivity contribution in [3.63, 3.8) is 0 Å². The number of amides is 5. The number of anilines is 1. The van der Waals surface area contributed by atoms with Crippen LogP contribution in [0.5, 0.6) is 5.75 Å². The number of hydrogen-bond donors (Lipinski definition) is 1. The third kappa shape index (κ3) is 3.37. The van der Waals surface area contributed by atoms with Crippen molar-refractivity contribution in [1.82, 2.24) is 14.7 Å². The van der Waals surface area contributed by atoms with Crippen LogP contribution in [-0.4, -0.2) is 71.5 Å². The van der Waals surface area contributed by atoms with E-state index in [4.69, 9.17) is 4.74 Å². The van der Waals surface area contributed by atoms with Gasteiger partial charge in [0.1, 0.15) is 11.8 Å². The van der Waals surface area contributed by atoms with E-state index >= 15 is 0 Å². The fourth-order valence-corrected chi connectivity index (χ4v) is 4.57. The summed E-state index contributed by atoms with van der Waals surface area (Å²) in [6, 6.07) is 15.9. The zero-order valence-corrected chi connectivity index (χ0v) is 17.2. The second kappa shape index (κ2) is 7.61. The molecule has 3 aliphatic rings. The summed E-state index contributed by atoms with van der Waals surface area (Å²) in [6.45, 7) is 0.899. The zero-order chi connectivity index (χ0) is 21.5. The first-order valence-electron chi connectivity index (χ1n) is 10.5. The maximum Gasteiger partial charge on any atom is 0.327 e. The molecule has 1 saturated carbocycles. The van der Waals surface area contributed by atoms with Crippen molar-refractivity contribution in [3.05, 3.63) is 60.2 Å². The van der Waals surface area contributed by atoms with Crippen molar-refractivity contribution >= 4 is 23.7 Å². The summed E-state index contributed by atoms with van der Waals surface area (Å²) in [6.07, 6.45) is 0.792. The minimum absolute atomic E-state index is 0.0937.